The van der Waals surface area contributed by atoms with Crippen LogP contribution in [0, 0.1) is 5.82 Å². The number of esters is 1. The molecule has 1 aliphatic heterocycles. The Morgan fingerprint density at radius 1 is 1.05 bits per heavy atom. The summed E-state index contributed by atoms with van der Waals surface area (Å²) in [5.41, 5.74) is 2.30. The Hall–Kier alpha value is -4.41. The summed E-state index contributed by atoms with van der Waals surface area (Å²) in [4.78, 5) is 32.3. The van der Waals surface area contributed by atoms with Crippen molar-refractivity contribution in [3.05, 3.63) is 119 Å². The number of carbonyl (C=O) groups excluding carboxylic acids is 1. The standard InChI is InChI=1S/C32H28ClFN2O6S/c1-5-41-31(38)28-18(2)35-32-36(29(28)20-8-12-25(39-3)26(15-20)40-4)30(37)27(43-32)16-21-14-22(33)9-13-24(21)42-17-19-6-10-23(34)11-7-19/h6-16,29H,5,17H2,1-4H3/t29-/m0/s1. The van der Waals surface area contributed by atoms with Gasteiger partial charge in [-0.3, -0.25) is 9.36 Å². The van der Waals surface area contributed by atoms with E-state index in [1.54, 1.807) is 68.5 Å². The molecule has 1 aromatic heterocycles. The van der Waals surface area contributed by atoms with E-state index in [9.17, 15) is 14.0 Å². The Kier molecular flexibility index (Phi) is 8.98. The molecule has 0 saturated carbocycles. The molecule has 0 radical (unpaired) electrons. The minimum atomic E-state index is -0.828. The fraction of sp³-hybridized carbons (Fsp3) is 0.219. The SMILES string of the molecule is CCOC(=O)C1=C(C)N=c2sc(=Cc3cc(Cl)ccc3OCc3ccc(F)cc3)c(=O)n2[C@H]1c1ccc(OC)c(OC)c1. The number of benzene rings is 3. The molecule has 0 bridgehead atoms. The number of nitrogens with zero attached hydrogens (tertiary/aromatic N) is 2. The summed E-state index contributed by atoms with van der Waals surface area (Å²) in [6, 6.07) is 15.5. The van der Waals surface area contributed by atoms with Gasteiger partial charge in [0, 0.05) is 10.6 Å². The van der Waals surface area contributed by atoms with Crippen LogP contribution in [0.4, 0.5) is 4.39 Å². The van der Waals surface area contributed by atoms with Crippen LogP contribution in [-0.2, 0) is 16.1 Å². The topological polar surface area (TPSA) is 88.4 Å². The second kappa shape index (κ2) is 12.8. The van der Waals surface area contributed by atoms with E-state index < -0.39 is 12.0 Å². The molecule has 8 nitrogen and oxygen atoms in total. The fourth-order valence-corrected chi connectivity index (χ4v) is 5.99. The number of thiazole rings is 1. The van der Waals surface area contributed by atoms with Crippen molar-refractivity contribution < 1.29 is 28.1 Å². The van der Waals surface area contributed by atoms with Crippen molar-refractivity contribution >= 4 is 35.0 Å². The van der Waals surface area contributed by atoms with E-state index in [0.29, 0.717) is 48.4 Å². The fourth-order valence-electron chi connectivity index (χ4n) is 4.78. The first-order chi connectivity index (χ1) is 20.7. The van der Waals surface area contributed by atoms with Crippen molar-refractivity contribution in [3.63, 3.8) is 0 Å². The molecule has 0 spiro atoms. The van der Waals surface area contributed by atoms with Gasteiger partial charge in [0.15, 0.2) is 16.3 Å². The third-order valence-corrected chi connectivity index (χ3v) is 8.02. The molecule has 0 unspecified atom stereocenters. The number of carbonyl (C=O) groups is 1. The van der Waals surface area contributed by atoms with E-state index in [-0.39, 0.29) is 30.2 Å². The average Bonchev–Trinajstić information content (AvgIpc) is 3.30. The van der Waals surface area contributed by atoms with Crippen LogP contribution in [0.25, 0.3) is 6.08 Å². The van der Waals surface area contributed by atoms with Gasteiger partial charge in [-0.25, -0.2) is 14.2 Å². The Morgan fingerprint density at radius 2 is 1.77 bits per heavy atom. The Bertz CT molecular complexity index is 1900. The first kappa shape index (κ1) is 30.1. The van der Waals surface area contributed by atoms with Crippen LogP contribution in [0.1, 0.15) is 36.6 Å². The van der Waals surface area contributed by atoms with E-state index in [1.165, 1.54) is 42.3 Å². The highest BCUT2D eigenvalue weighted by Crippen LogP contribution is 2.36. The number of ether oxygens (including phenoxy) is 4. The maximum atomic E-state index is 14.1. The zero-order valence-electron chi connectivity index (χ0n) is 23.9. The number of rotatable bonds is 9. The molecule has 43 heavy (non-hydrogen) atoms. The second-order valence-electron chi connectivity index (χ2n) is 9.51. The van der Waals surface area contributed by atoms with Gasteiger partial charge in [0.1, 0.15) is 18.2 Å². The van der Waals surface area contributed by atoms with E-state index in [0.717, 1.165) is 5.56 Å². The van der Waals surface area contributed by atoms with Crippen LogP contribution >= 0.6 is 22.9 Å². The Balaban J connectivity index is 1.64. The Labute approximate surface area is 255 Å². The van der Waals surface area contributed by atoms with Gasteiger partial charge in [-0.1, -0.05) is 41.1 Å². The van der Waals surface area contributed by atoms with Gasteiger partial charge in [0.25, 0.3) is 5.56 Å². The number of aromatic nitrogens is 1. The Morgan fingerprint density at radius 3 is 2.47 bits per heavy atom. The quantitative estimate of drug-likeness (QED) is 0.239. The minimum absolute atomic E-state index is 0.161. The normalized spacial score (nSPS) is 14.7. The highest BCUT2D eigenvalue weighted by atomic mass is 35.5. The van der Waals surface area contributed by atoms with Crippen molar-refractivity contribution in [3.8, 4) is 17.2 Å². The molecule has 0 amide bonds. The van der Waals surface area contributed by atoms with Gasteiger partial charge < -0.3 is 18.9 Å². The van der Waals surface area contributed by atoms with E-state index in [1.807, 2.05) is 0 Å². The van der Waals surface area contributed by atoms with Crippen molar-refractivity contribution in [1.82, 2.24) is 4.57 Å². The maximum absolute atomic E-state index is 14.1. The highest BCUT2D eigenvalue weighted by molar-refractivity contribution is 7.07. The van der Waals surface area contributed by atoms with Crippen LogP contribution in [0.5, 0.6) is 17.2 Å². The number of hydrogen-bond donors (Lipinski definition) is 0. The zero-order chi connectivity index (χ0) is 30.7. The maximum Gasteiger partial charge on any atom is 0.338 e. The summed E-state index contributed by atoms with van der Waals surface area (Å²) in [5.74, 6) is 0.538. The molecule has 5 rings (SSSR count). The molecular weight excluding hydrogens is 595 g/mol. The smallest absolute Gasteiger partial charge is 0.338 e. The molecule has 1 atom stereocenters. The van der Waals surface area contributed by atoms with E-state index >= 15 is 0 Å². The molecule has 0 saturated heterocycles. The van der Waals surface area contributed by atoms with Gasteiger partial charge >= 0.3 is 5.97 Å². The van der Waals surface area contributed by atoms with E-state index in [4.69, 9.17) is 30.5 Å². The first-order valence-electron chi connectivity index (χ1n) is 13.3. The molecule has 0 aliphatic carbocycles. The molecule has 0 fully saturated rings. The lowest BCUT2D eigenvalue weighted by atomic mass is 9.95. The van der Waals surface area contributed by atoms with Crippen molar-refractivity contribution in [2.45, 2.75) is 26.5 Å². The third-order valence-electron chi connectivity index (χ3n) is 6.81. The van der Waals surface area contributed by atoms with Gasteiger partial charge in [0.05, 0.1) is 42.7 Å². The van der Waals surface area contributed by atoms with Gasteiger partial charge in [-0.2, -0.15) is 0 Å². The number of hydrogen-bond acceptors (Lipinski definition) is 8. The second-order valence-corrected chi connectivity index (χ2v) is 11.0. The largest absolute Gasteiger partial charge is 0.493 e. The van der Waals surface area contributed by atoms with Crippen LogP contribution in [-0.4, -0.2) is 31.4 Å². The minimum Gasteiger partial charge on any atom is -0.493 e. The number of halogens is 2. The number of fused-ring (bicyclic) bond motifs is 1. The van der Waals surface area contributed by atoms with E-state index in [2.05, 4.69) is 4.99 Å². The summed E-state index contributed by atoms with van der Waals surface area (Å²) in [6.07, 6.45) is 1.69. The van der Waals surface area contributed by atoms with Gasteiger partial charge in [-0.15, -0.1) is 0 Å². The van der Waals surface area contributed by atoms with Crippen LogP contribution in [0.3, 0.4) is 0 Å². The molecule has 0 N–H and O–H groups in total. The lowest BCUT2D eigenvalue weighted by Gasteiger charge is -2.25. The summed E-state index contributed by atoms with van der Waals surface area (Å²) in [6.45, 7) is 3.78. The lowest BCUT2D eigenvalue weighted by molar-refractivity contribution is -0.139. The molecule has 222 valence electrons. The molecule has 3 aromatic carbocycles. The summed E-state index contributed by atoms with van der Waals surface area (Å²) in [5, 5.41) is 0.455. The third kappa shape index (κ3) is 6.21. The molecule has 4 aromatic rings. The van der Waals surface area contributed by atoms with Gasteiger partial charge in [-0.05, 0) is 73.5 Å². The van der Waals surface area contributed by atoms with Crippen molar-refractivity contribution in [2.75, 3.05) is 20.8 Å². The molecule has 2 heterocycles. The average molecular weight is 623 g/mol. The van der Waals surface area contributed by atoms with Crippen molar-refractivity contribution in [2.24, 2.45) is 4.99 Å². The monoisotopic (exact) mass is 622 g/mol. The van der Waals surface area contributed by atoms with Crippen LogP contribution < -0.4 is 29.1 Å². The number of methoxy groups -OCH3 is 2. The summed E-state index contributed by atoms with van der Waals surface area (Å²) < 4.78 is 37.5. The summed E-state index contributed by atoms with van der Waals surface area (Å²) in [7, 11) is 3.04. The predicted molar refractivity (Wildman–Crippen MR) is 162 cm³/mol. The predicted octanol–water partition coefficient (Wildman–Crippen LogP) is 5.19. The van der Waals surface area contributed by atoms with Crippen LogP contribution in [0.2, 0.25) is 5.02 Å². The molecule has 11 heteroatoms. The molecular formula is C32H28ClFN2O6S. The zero-order valence-corrected chi connectivity index (χ0v) is 25.4. The van der Waals surface area contributed by atoms with Crippen LogP contribution in [0.15, 0.2) is 81.7 Å². The van der Waals surface area contributed by atoms with Gasteiger partial charge in [0.2, 0.25) is 0 Å². The number of allylic oxidation sites excluding steroid dienone is 1. The lowest BCUT2D eigenvalue weighted by Crippen LogP contribution is -2.40. The summed E-state index contributed by atoms with van der Waals surface area (Å²) >= 11 is 7.50. The first-order valence-corrected chi connectivity index (χ1v) is 14.5. The van der Waals surface area contributed by atoms with Crippen molar-refractivity contribution in [1.29, 1.82) is 0 Å². The molecule has 1 aliphatic rings. The highest BCUT2D eigenvalue weighted by Gasteiger charge is 2.34.